The summed E-state index contributed by atoms with van der Waals surface area (Å²) < 4.78 is 17.0. The van der Waals surface area contributed by atoms with E-state index in [2.05, 4.69) is 30.3 Å². The molecule has 0 bridgehead atoms. The normalized spacial score (nSPS) is 23.6. The van der Waals surface area contributed by atoms with Crippen LogP contribution in [0.25, 0.3) is 11.1 Å². The number of benzene rings is 4. The minimum atomic E-state index is -0.518. The lowest BCUT2D eigenvalue weighted by atomic mass is 9.77. The molecular weight excluding hydrogens is 426 g/mol. The molecule has 4 aromatic rings. The Bertz CT molecular complexity index is 1420. The third-order valence-corrected chi connectivity index (χ3v) is 7.38. The Kier molecular flexibility index (Phi) is 4.10. The van der Waals surface area contributed by atoms with Gasteiger partial charge in [-0.05, 0) is 23.3 Å². The maximum atomic E-state index is 14.7. The van der Waals surface area contributed by atoms with Crippen molar-refractivity contribution >= 4 is 5.69 Å². The van der Waals surface area contributed by atoms with Gasteiger partial charge < -0.3 is 24.1 Å². The first-order valence-electron chi connectivity index (χ1n) is 11.5. The number of para-hydroxylation sites is 1. The smallest absolute Gasteiger partial charge is 0.231 e. The average molecular weight is 450 g/mol. The highest BCUT2D eigenvalue weighted by molar-refractivity contribution is 5.71. The Morgan fingerprint density at radius 1 is 0.735 bits per heavy atom. The standard InChI is InChI=1S/C29H23NO4/c31-30(16-21-10-4-5-11-22(21)20-8-2-1-3-9-20)17-29(23-12-6-7-13-25(23)30)18-32-26-15-28-27(14-24(26)29)33-19-34-28/h1-15H,16-19H2. The monoisotopic (exact) mass is 449 g/mol. The van der Waals surface area contributed by atoms with Gasteiger partial charge >= 0.3 is 0 Å². The van der Waals surface area contributed by atoms with E-state index in [9.17, 15) is 5.21 Å². The molecule has 0 fully saturated rings. The van der Waals surface area contributed by atoms with Crippen LogP contribution >= 0.6 is 0 Å². The number of fused-ring (bicyclic) bond motifs is 5. The van der Waals surface area contributed by atoms with Gasteiger partial charge in [0.05, 0.1) is 0 Å². The summed E-state index contributed by atoms with van der Waals surface area (Å²) in [5, 5.41) is 14.7. The Morgan fingerprint density at radius 3 is 2.35 bits per heavy atom. The van der Waals surface area contributed by atoms with E-state index in [-0.39, 0.29) is 6.79 Å². The van der Waals surface area contributed by atoms with Crippen LogP contribution in [0.4, 0.5) is 5.69 Å². The Hall–Kier alpha value is -3.80. The summed E-state index contributed by atoms with van der Waals surface area (Å²) in [6.07, 6.45) is 0. The first-order valence-corrected chi connectivity index (χ1v) is 11.5. The van der Waals surface area contributed by atoms with E-state index < -0.39 is 10.1 Å². The molecule has 0 aromatic heterocycles. The van der Waals surface area contributed by atoms with E-state index in [1.165, 1.54) is 0 Å². The summed E-state index contributed by atoms with van der Waals surface area (Å²) >= 11 is 0. The van der Waals surface area contributed by atoms with Crippen LogP contribution in [0.15, 0.2) is 91.0 Å². The number of hydroxylamine groups is 2. The van der Waals surface area contributed by atoms with Crippen LogP contribution < -0.4 is 18.9 Å². The molecule has 0 amide bonds. The van der Waals surface area contributed by atoms with Crippen LogP contribution in [0.2, 0.25) is 0 Å². The molecular formula is C29H23NO4. The van der Waals surface area contributed by atoms with Crippen LogP contribution in [0.1, 0.15) is 16.7 Å². The zero-order chi connectivity index (χ0) is 22.8. The second-order valence-corrected chi connectivity index (χ2v) is 9.32. The number of quaternary nitrogens is 1. The van der Waals surface area contributed by atoms with Crippen molar-refractivity contribution in [2.45, 2.75) is 12.0 Å². The van der Waals surface area contributed by atoms with Gasteiger partial charge in [-0.25, -0.2) is 0 Å². The zero-order valence-electron chi connectivity index (χ0n) is 18.6. The third kappa shape index (κ3) is 2.74. The van der Waals surface area contributed by atoms with Crippen molar-refractivity contribution in [1.29, 1.82) is 0 Å². The van der Waals surface area contributed by atoms with Crippen molar-refractivity contribution < 1.29 is 14.2 Å². The summed E-state index contributed by atoms with van der Waals surface area (Å²) in [6.45, 7) is 1.37. The van der Waals surface area contributed by atoms with Crippen molar-refractivity contribution in [3.05, 3.63) is 113 Å². The van der Waals surface area contributed by atoms with E-state index in [4.69, 9.17) is 14.2 Å². The van der Waals surface area contributed by atoms with Crippen molar-refractivity contribution in [3.8, 4) is 28.4 Å². The van der Waals surface area contributed by atoms with Crippen LogP contribution in [0.3, 0.4) is 0 Å². The summed E-state index contributed by atoms with van der Waals surface area (Å²) in [6, 6.07) is 30.4. The zero-order valence-corrected chi connectivity index (χ0v) is 18.6. The van der Waals surface area contributed by atoms with E-state index in [0.717, 1.165) is 39.3 Å². The highest BCUT2D eigenvalue weighted by atomic mass is 16.7. The van der Waals surface area contributed by atoms with E-state index in [0.29, 0.717) is 31.2 Å². The molecule has 2 unspecified atom stereocenters. The Balaban J connectivity index is 1.35. The molecule has 0 radical (unpaired) electrons. The molecule has 0 N–H and O–H groups in total. The van der Waals surface area contributed by atoms with Crippen molar-refractivity contribution in [2.75, 3.05) is 19.9 Å². The molecule has 0 aliphatic carbocycles. The van der Waals surface area contributed by atoms with Crippen LogP contribution in [-0.4, -0.2) is 19.9 Å². The van der Waals surface area contributed by atoms with Crippen molar-refractivity contribution in [1.82, 2.24) is 4.65 Å². The summed E-state index contributed by atoms with van der Waals surface area (Å²) in [7, 11) is 0. The summed E-state index contributed by atoms with van der Waals surface area (Å²) in [5.41, 5.74) is 5.60. The molecule has 5 nitrogen and oxygen atoms in total. The summed E-state index contributed by atoms with van der Waals surface area (Å²) in [5.74, 6) is 2.19. The largest absolute Gasteiger partial charge is 0.627 e. The second kappa shape index (κ2) is 7.10. The maximum Gasteiger partial charge on any atom is 0.231 e. The third-order valence-electron chi connectivity index (χ3n) is 7.38. The lowest BCUT2D eigenvalue weighted by Gasteiger charge is -2.40. The molecule has 0 saturated heterocycles. The Labute approximate surface area is 197 Å². The van der Waals surface area contributed by atoms with Crippen LogP contribution in [0, 0.1) is 5.21 Å². The highest BCUT2D eigenvalue weighted by Gasteiger charge is 2.56. The molecule has 4 aromatic carbocycles. The van der Waals surface area contributed by atoms with Gasteiger partial charge in [-0.2, -0.15) is 0 Å². The topological polar surface area (TPSA) is 50.8 Å². The van der Waals surface area contributed by atoms with Crippen LogP contribution in [0.5, 0.6) is 17.2 Å². The molecule has 3 heterocycles. The first-order chi connectivity index (χ1) is 16.7. The molecule has 2 atom stereocenters. The maximum absolute atomic E-state index is 14.7. The molecule has 3 aliphatic rings. The predicted molar refractivity (Wildman–Crippen MR) is 131 cm³/mol. The number of ether oxygens (including phenoxy) is 3. The van der Waals surface area contributed by atoms with Crippen molar-refractivity contribution in [3.63, 3.8) is 0 Å². The van der Waals surface area contributed by atoms with E-state index in [1.807, 2.05) is 60.7 Å². The predicted octanol–water partition coefficient (Wildman–Crippen LogP) is 5.78. The number of hydrogen-bond donors (Lipinski definition) is 0. The number of rotatable bonds is 3. The lowest BCUT2D eigenvalue weighted by molar-refractivity contribution is 0.173. The van der Waals surface area contributed by atoms with Gasteiger partial charge in [-0.15, -0.1) is 0 Å². The SMILES string of the molecule is [O-][N+]1(Cc2ccccc2-c2ccccc2)CC2(COc3cc4c(cc32)OCO4)c2ccccc21. The summed E-state index contributed by atoms with van der Waals surface area (Å²) in [4.78, 5) is 0. The molecule has 3 aliphatic heterocycles. The van der Waals surface area contributed by atoms with Gasteiger partial charge in [-0.3, -0.25) is 0 Å². The molecule has 168 valence electrons. The first kappa shape index (κ1) is 19.6. The van der Waals surface area contributed by atoms with Gasteiger partial charge in [0.2, 0.25) is 6.79 Å². The minimum absolute atomic E-state index is 0.208. The fraction of sp³-hybridized carbons (Fsp3) is 0.172. The molecule has 0 saturated carbocycles. The quantitative estimate of drug-likeness (QED) is 0.294. The van der Waals surface area contributed by atoms with Gasteiger partial charge in [0.15, 0.2) is 11.5 Å². The Morgan fingerprint density at radius 2 is 1.47 bits per heavy atom. The minimum Gasteiger partial charge on any atom is -0.627 e. The number of nitrogens with zero attached hydrogens (tertiary/aromatic N) is 1. The lowest BCUT2D eigenvalue weighted by Crippen LogP contribution is -2.46. The fourth-order valence-electron chi connectivity index (χ4n) is 5.86. The van der Waals surface area contributed by atoms with E-state index in [1.54, 1.807) is 0 Å². The average Bonchev–Trinajstić information content (AvgIpc) is 3.54. The van der Waals surface area contributed by atoms with Gasteiger partial charge in [0.1, 0.15) is 36.5 Å². The van der Waals surface area contributed by atoms with Crippen molar-refractivity contribution in [2.24, 2.45) is 0 Å². The van der Waals surface area contributed by atoms with Gasteiger partial charge in [0.25, 0.3) is 0 Å². The fourth-order valence-corrected chi connectivity index (χ4v) is 5.86. The molecule has 5 heteroatoms. The molecule has 1 spiro atoms. The number of hydrogen-bond acceptors (Lipinski definition) is 4. The second-order valence-electron chi connectivity index (χ2n) is 9.32. The van der Waals surface area contributed by atoms with Gasteiger partial charge in [-0.1, -0.05) is 72.8 Å². The molecule has 34 heavy (non-hydrogen) atoms. The van der Waals surface area contributed by atoms with Crippen LogP contribution in [-0.2, 0) is 12.0 Å². The van der Waals surface area contributed by atoms with Gasteiger partial charge in [0, 0.05) is 22.8 Å². The molecule has 7 rings (SSSR count). The van der Waals surface area contributed by atoms with E-state index >= 15 is 0 Å². The highest BCUT2D eigenvalue weighted by Crippen LogP contribution is 2.56.